The fourth-order valence-electron chi connectivity index (χ4n) is 2.20. The van der Waals surface area contributed by atoms with Gasteiger partial charge in [0.25, 0.3) is 11.7 Å². The number of rotatable bonds is 7. The molecule has 1 unspecified atom stereocenters. The number of benzene rings is 1. The summed E-state index contributed by atoms with van der Waals surface area (Å²) in [5, 5.41) is 13.9. The van der Waals surface area contributed by atoms with Gasteiger partial charge in [-0.2, -0.15) is 4.98 Å². The van der Waals surface area contributed by atoms with E-state index in [0.29, 0.717) is 23.0 Å². The number of hydrogen-bond donors (Lipinski definition) is 1. The first-order valence-corrected chi connectivity index (χ1v) is 7.27. The Hall–Kier alpha value is -2.11. The van der Waals surface area contributed by atoms with E-state index >= 15 is 0 Å². The first-order chi connectivity index (χ1) is 9.95. The average Bonchev–Trinajstić information content (AvgIpc) is 2.78. The highest BCUT2D eigenvalue weighted by Gasteiger charge is 2.13. The number of aromatic nitrogens is 1. The predicted molar refractivity (Wildman–Crippen MR) is 82.4 cm³/mol. The van der Waals surface area contributed by atoms with Crippen LogP contribution in [0.3, 0.4) is 0 Å². The van der Waals surface area contributed by atoms with E-state index in [1.165, 1.54) is 18.6 Å². The number of nitrogens with one attached hydrogen (secondary N) is 1. The van der Waals surface area contributed by atoms with Gasteiger partial charge in [-0.25, -0.2) is 0 Å². The van der Waals surface area contributed by atoms with Crippen LogP contribution in [0, 0.1) is 16.0 Å². The van der Waals surface area contributed by atoms with Crippen LogP contribution in [0.25, 0.3) is 11.1 Å². The van der Waals surface area contributed by atoms with Crippen LogP contribution >= 0.6 is 0 Å². The second kappa shape index (κ2) is 6.56. The van der Waals surface area contributed by atoms with Gasteiger partial charge in [-0.1, -0.05) is 26.7 Å². The highest BCUT2D eigenvalue weighted by atomic mass is 16.6. The van der Waals surface area contributed by atoms with Gasteiger partial charge in [0, 0.05) is 12.1 Å². The van der Waals surface area contributed by atoms with Gasteiger partial charge in [0.15, 0.2) is 5.58 Å². The van der Waals surface area contributed by atoms with Gasteiger partial charge in [-0.05, 0) is 25.3 Å². The number of nitro benzene ring substituents is 1. The van der Waals surface area contributed by atoms with Crippen molar-refractivity contribution in [3.05, 3.63) is 28.3 Å². The second-order valence-electron chi connectivity index (χ2n) is 5.80. The zero-order chi connectivity index (χ0) is 15.4. The third-order valence-corrected chi connectivity index (χ3v) is 3.37. The molecule has 6 nitrogen and oxygen atoms in total. The summed E-state index contributed by atoms with van der Waals surface area (Å²) in [6.45, 7) is 6.51. The fraction of sp³-hybridized carbons (Fsp3) is 0.533. The molecule has 114 valence electrons. The van der Waals surface area contributed by atoms with E-state index in [9.17, 15) is 10.1 Å². The molecule has 0 aliphatic carbocycles. The largest absolute Gasteiger partial charge is 0.423 e. The van der Waals surface area contributed by atoms with Gasteiger partial charge in [-0.15, -0.1) is 0 Å². The fourth-order valence-corrected chi connectivity index (χ4v) is 2.20. The predicted octanol–water partition coefficient (Wildman–Crippen LogP) is 4.36. The van der Waals surface area contributed by atoms with Gasteiger partial charge in [0.2, 0.25) is 0 Å². The lowest BCUT2D eigenvalue weighted by Gasteiger charge is -2.12. The normalized spacial score (nSPS) is 12.8. The third kappa shape index (κ3) is 4.18. The standard InChI is InChI=1S/C15H21N3O3/c1-10(2)5-4-6-11(3)16-15-17-13-8-7-12(18(19)20)9-14(13)21-15/h7-11H,4-6H2,1-3H3,(H,16,17). The molecule has 0 spiro atoms. The molecule has 0 radical (unpaired) electrons. The molecule has 1 heterocycles. The number of nitro groups is 1. The maximum absolute atomic E-state index is 10.7. The Morgan fingerprint density at radius 3 is 2.76 bits per heavy atom. The van der Waals surface area contributed by atoms with Gasteiger partial charge in [0.05, 0.1) is 11.0 Å². The summed E-state index contributed by atoms with van der Waals surface area (Å²) >= 11 is 0. The van der Waals surface area contributed by atoms with E-state index < -0.39 is 4.92 Å². The number of anilines is 1. The summed E-state index contributed by atoms with van der Waals surface area (Å²) < 4.78 is 5.53. The van der Waals surface area contributed by atoms with Crippen molar-refractivity contribution in [3.8, 4) is 0 Å². The molecule has 1 aromatic heterocycles. The van der Waals surface area contributed by atoms with Crippen LogP contribution in [-0.4, -0.2) is 15.9 Å². The zero-order valence-corrected chi connectivity index (χ0v) is 12.6. The molecular weight excluding hydrogens is 270 g/mol. The maximum Gasteiger partial charge on any atom is 0.295 e. The van der Waals surface area contributed by atoms with Gasteiger partial charge >= 0.3 is 0 Å². The van der Waals surface area contributed by atoms with Crippen molar-refractivity contribution < 1.29 is 9.34 Å². The number of fused-ring (bicyclic) bond motifs is 1. The van der Waals surface area contributed by atoms with E-state index in [1.54, 1.807) is 6.07 Å². The molecule has 1 aromatic carbocycles. The van der Waals surface area contributed by atoms with Crippen LogP contribution in [0.1, 0.15) is 40.0 Å². The Labute approximate surface area is 123 Å². The monoisotopic (exact) mass is 291 g/mol. The maximum atomic E-state index is 10.7. The zero-order valence-electron chi connectivity index (χ0n) is 12.6. The minimum absolute atomic E-state index is 0.00943. The Bertz CT molecular complexity index is 622. The van der Waals surface area contributed by atoms with Crippen molar-refractivity contribution in [1.82, 2.24) is 4.98 Å². The number of hydrogen-bond acceptors (Lipinski definition) is 5. The molecule has 0 bridgehead atoms. The average molecular weight is 291 g/mol. The molecule has 21 heavy (non-hydrogen) atoms. The smallest absolute Gasteiger partial charge is 0.295 e. The number of oxazole rings is 1. The lowest BCUT2D eigenvalue weighted by molar-refractivity contribution is -0.384. The van der Waals surface area contributed by atoms with Gasteiger partial charge < -0.3 is 9.73 Å². The Balaban J connectivity index is 2.00. The Morgan fingerprint density at radius 2 is 2.10 bits per heavy atom. The van der Waals surface area contributed by atoms with Crippen LogP contribution in [-0.2, 0) is 0 Å². The van der Waals surface area contributed by atoms with Crippen molar-refractivity contribution in [2.75, 3.05) is 5.32 Å². The van der Waals surface area contributed by atoms with E-state index in [0.717, 1.165) is 12.8 Å². The molecule has 1 atom stereocenters. The van der Waals surface area contributed by atoms with Crippen LogP contribution in [0.5, 0.6) is 0 Å². The molecule has 2 rings (SSSR count). The molecule has 2 aromatic rings. The van der Waals surface area contributed by atoms with Crippen LogP contribution in [0.15, 0.2) is 22.6 Å². The van der Waals surface area contributed by atoms with Crippen molar-refractivity contribution in [2.45, 2.75) is 46.1 Å². The van der Waals surface area contributed by atoms with Crippen molar-refractivity contribution >= 4 is 22.8 Å². The molecule has 0 fully saturated rings. The number of non-ortho nitro benzene ring substituents is 1. The highest BCUT2D eigenvalue weighted by Crippen LogP contribution is 2.24. The molecule has 0 aliphatic heterocycles. The van der Waals surface area contributed by atoms with Gasteiger partial charge in [0.1, 0.15) is 5.52 Å². The van der Waals surface area contributed by atoms with E-state index in [-0.39, 0.29) is 11.7 Å². The first kappa shape index (κ1) is 15.3. The molecule has 0 saturated carbocycles. The minimum atomic E-state index is -0.441. The third-order valence-electron chi connectivity index (χ3n) is 3.37. The molecule has 6 heteroatoms. The Morgan fingerprint density at radius 1 is 1.33 bits per heavy atom. The van der Waals surface area contributed by atoms with Crippen molar-refractivity contribution in [3.63, 3.8) is 0 Å². The summed E-state index contributed by atoms with van der Waals surface area (Å²) in [7, 11) is 0. The molecular formula is C15H21N3O3. The summed E-state index contributed by atoms with van der Waals surface area (Å²) in [6.07, 6.45) is 3.39. The number of nitrogens with zero attached hydrogens (tertiary/aromatic N) is 2. The molecule has 0 amide bonds. The van der Waals surface area contributed by atoms with Crippen molar-refractivity contribution in [1.29, 1.82) is 0 Å². The first-order valence-electron chi connectivity index (χ1n) is 7.27. The quantitative estimate of drug-likeness (QED) is 0.605. The minimum Gasteiger partial charge on any atom is -0.423 e. The summed E-state index contributed by atoms with van der Waals surface area (Å²) in [6, 6.07) is 5.11. The SMILES string of the molecule is CC(C)CCCC(C)Nc1nc2ccc([N+](=O)[O-])cc2o1. The van der Waals surface area contributed by atoms with E-state index in [2.05, 4.69) is 31.1 Å². The van der Waals surface area contributed by atoms with Crippen LogP contribution < -0.4 is 5.32 Å². The molecule has 1 N–H and O–H groups in total. The summed E-state index contributed by atoms with van der Waals surface area (Å²) in [5.74, 6) is 0.710. The lowest BCUT2D eigenvalue weighted by Crippen LogP contribution is -2.15. The van der Waals surface area contributed by atoms with Crippen LogP contribution in [0.4, 0.5) is 11.7 Å². The lowest BCUT2D eigenvalue weighted by atomic mass is 10.0. The second-order valence-corrected chi connectivity index (χ2v) is 5.80. The summed E-state index contributed by atoms with van der Waals surface area (Å²) in [5.41, 5.74) is 1.06. The molecule has 0 aliphatic rings. The highest BCUT2D eigenvalue weighted by molar-refractivity contribution is 5.77. The molecule has 0 saturated heterocycles. The van der Waals surface area contributed by atoms with Crippen molar-refractivity contribution in [2.24, 2.45) is 5.92 Å². The Kier molecular flexibility index (Phi) is 4.77. The van der Waals surface area contributed by atoms with Crippen LogP contribution in [0.2, 0.25) is 0 Å². The summed E-state index contributed by atoms with van der Waals surface area (Å²) in [4.78, 5) is 14.6. The topological polar surface area (TPSA) is 81.2 Å². The van der Waals surface area contributed by atoms with Gasteiger partial charge in [-0.3, -0.25) is 10.1 Å². The van der Waals surface area contributed by atoms with E-state index in [1.807, 2.05) is 0 Å². The van der Waals surface area contributed by atoms with E-state index in [4.69, 9.17) is 4.42 Å².